The van der Waals surface area contributed by atoms with Crippen LogP contribution in [0, 0.1) is 0 Å². The van der Waals surface area contributed by atoms with Gasteiger partial charge in [-0.15, -0.1) is 0 Å². The van der Waals surface area contributed by atoms with Crippen LogP contribution in [0.4, 0.5) is 0 Å². The lowest BCUT2D eigenvalue weighted by atomic mass is 9.78. The van der Waals surface area contributed by atoms with E-state index in [1.807, 2.05) is 24.9 Å². The second kappa shape index (κ2) is 5.65. The first kappa shape index (κ1) is 13.3. The minimum Gasteiger partial charge on any atom is -0.338 e. The molecule has 1 aliphatic carbocycles. The molecule has 0 aromatic carbocycles. The van der Waals surface area contributed by atoms with Crippen molar-refractivity contribution in [2.75, 3.05) is 7.05 Å². The number of rotatable bonds is 5. The Kier molecular flexibility index (Phi) is 4.17. The highest BCUT2D eigenvalue weighted by Crippen LogP contribution is 2.31. The summed E-state index contributed by atoms with van der Waals surface area (Å²) in [5, 5.41) is 3.39. The van der Waals surface area contributed by atoms with E-state index in [1.165, 1.54) is 19.3 Å². The van der Waals surface area contributed by atoms with Crippen molar-refractivity contribution in [3.63, 3.8) is 0 Å². The minimum atomic E-state index is 0.0422. The molecule has 0 unspecified atom stereocenters. The van der Waals surface area contributed by atoms with Crippen LogP contribution >= 0.6 is 0 Å². The van der Waals surface area contributed by atoms with E-state index in [0.717, 1.165) is 18.7 Å². The molecule has 18 heavy (non-hydrogen) atoms. The molecule has 1 N–H and O–H groups in total. The molecule has 1 saturated carbocycles. The number of aromatic nitrogens is 2. The summed E-state index contributed by atoms with van der Waals surface area (Å²) in [6.07, 6.45) is 10.7. The van der Waals surface area contributed by atoms with Gasteiger partial charge in [-0.25, -0.2) is 4.98 Å². The van der Waals surface area contributed by atoms with Crippen LogP contribution in [0.25, 0.3) is 0 Å². The van der Waals surface area contributed by atoms with Crippen LogP contribution in [0.1, 0.15) is 44.3 Å². The van der Waals surface area contributed by atoms with Crippen LogP contribution in [0.2, 0.25) is 0 Å². The number of Topliss-reactive ketones (excluding diaryl/α,β-unsaturated/α-hetero) is 1. The number of hydrogen-bond donors (Lipinski definition) is 1. The fraction of sp³-hybridized carbons (Fsp3) is 0.714. The standard InChI is InChI=1S/C14H23N3O/c1-15-14(6-4-3-5-7-14)11-12(18)10-13-16-8-9-17(13)2/h8-9,15H,3-7,10-11H2,1-2H3. The van der Waals surface area contributed by atoms with Crippen LogP contribution in [0.5, 0.6) is 0 Å². The lowest BCUT2D eigenvalue weighted by Gasteiger charge is -2.36. The first-order valence-electron chi connectivity index (χ1n) is 6.82. The fourth-order valence-corrected chi connectivity index (χ4v) is 2.93. The zero-order valence-electron chi connectivity index (χ0n) is 11.4. The average molecular weight is 249 g/mol. The highest BCUT2D eigenvalue weighted by Gasteiger charge is 2.32. The van der Waals surface area contributed by atoms with Crippen LogP contribution in [-0.4, -0.2) is 27.9 Å². The summed E-state index contributed by atoms with van der Waals surface area (Å²) in [5.74, 6) is 1.16. The monoisotopic (exact) mass is 249 g/mol. The Hall–Kier alpha value is -1.16. The molecule has 1 aromatic heterocycles. The van der Waals surface area contributed by atoms with E-state index in [2.05, 4.69) is 10.3 Å². The van der Waals surface area contributed by atoms with Crippen molar-refractivity contribution in [1.82, 2.24) is 14.9 Å². The van der Waals surface area contributed by atoms with E-state index in [1.54, 1.807) is 6.20 Å². The summed E-state index contributed by atoms with van der Waals surface area (Å²) < 4.78 is 1.92. The predicted molar refractivity (Wildman–Crippen MR) is 71.4 cm³/mol. The third-order valence-corrected chi connectivity index (χ3v) is 4.15. The van der Waals surface area contributed by atoms with Gasteiger partial charge in [0.25, 0.3) is 0 Å². The van der Waals surface area contributed by atoms with E-state index in [9.17, 15) is 4.79 Å². The Morgan fingerprint density at radius 1 is 1.44 bits per heavy atom. The molecule has 1 fully saturated rings. The molecule has 2 rings (SSSR count). The Labute approximate surface area is 109 Å². The molecule has 0 amide bonds. The number of nitrogens with one attached hydrogen (secondary N) is 1. The van der Waals surface area contributed by atoms with Gasteiger partial charge in [-0.3, -0.25) is 4.79 Å². The zero-order valence-corrected chi connectivity index (χ0v) is 11.4. The summed E-state index contributed by atoms with van der Waals surface area (Å²) in [6.45, 7) is 0. The van der Waals surface area contributed by atoms with Crippen molar-refractivity contribution in [3.8, 4) is 0 Å². The molecule has 1 aliphatic rings. The molecular weight excluding hydrogens is 226 g/mol. The summed E-state index contributed by atoms with van der Waals surface area (Å²) in [7, 11) is 3.92. The van der Waals surface area contributed by atoms with Gasteiger partial charge in [-0.2, -0.15) is 0 Å². The maximum atomic E-state index is 12.2. The normalized spacial score (nSPS) is 18.8. The minimum absolute atomic E-state index is 0.0422. The third-order valence-electron chi connectivity index (χ3n) is 4.15. The molecule has 0 aliphatic heterocycles. The topological polar surface area (TPSA) is 46.9 Å². The average Bonchev–Trinajstić information content (AvgIpc) is 2.76. The largest absolute Gasteiger partial charge is 0.338 e. The smallest absolute Gasteiger partial charge is 0.142 e. The summed E-state index contributed by atoms with van der Waals surface area (Å²) >= 11 is 0. The van der Waals surface area contributed by atoms with Gasteiger partial charge in [0.15, 0.2) is 0 Å². The quantitative estimate of drug-likeness (QED) is 0.866. The first-order chi connectivity index (χ1) is 8.65. The van der Waals surface area contributed by atoms with Gasteiger partial charge in [0, 0.05) is 31.4 Å². The molecule has 0 bridgehead atoms. The maximum absolute atomic E-state index is 12.2. The van der Waals surface area contributed by atoms with Gasteiger partial charge < -0.3 is 9.88 Å². The summed E-state index contributed by atoms with van der Waals surface area (Å²) in [6, 6.07) is 0. The predicted octanol–water partition coefficient (Wildman–Crippen LogP) is 1.84. The van der Waals surface area contributed by atoms with Crippen LogP contribution in [-0.2, 0) is 18.3 Å². The highest BCUT2D eigenvalue weighted by molar-refractivity contribution is 5.81. The molecule has 1 aromatic rings. The van der Waals surface area contributed by atoms with Gasteiger partial charge in [-0.1, -0.05) is 19.3 Å². The number of imidazole rings is 1. The van der Waals surface area contributed by atoms with E-state index < -0.39 is 0 Å². The Morgan fingerprint density at radius 2 is 2.17 bits per heavy atom. The van der Waals surface area contributed by atoms with Crippen molar-refractivity contribution in [2.45, 2.75) is 50.5 Å². The SMILES string of the molecule is CNC1(CC(=O)Cc2nccn2C)CCCCC1. The van der Waals surface area contributed by atoms with E-state index in [0.29, 0.717) is 18.6 Å². The third kappa shape index (κ3) is 2.99. The van der Waals surface area contributed by atoms with E-state index in [-0.39, 0.29) is 5.54 Å². The van der Waals surface area contributed by atoms with Gasteiger partial charge in [-0.05, 0) is 19.9 Å². The summed E-state index contributed by atoms with van der Waals surface area (Å²) in [5.41, 5.74) is 0.0422. The molecule has 0 atom stereocenters. The lowest BCUT2D eigenvalue weighted by molar-refractivity contribution is -0.120. The van der Waals surface area contributed by atoms with Crippen molar-refractivity contribution in [1.29, 1.82) is 0 Å². The first-order valence-corrected chi connectivity index (χ1v) is 6.82. The van der Waals surface area contributed by atoms with Crippen molar-refractivity contribution >= 4 is 5.78 Å². The molecule has 1 heterocycles. The van der Waals surface area contributed by atoms with Gasteiger partial charge in [0.05, 0.1) is 6.42 Å². The maximum Gasteiger partial charge on any atom is 0.142 e. The molecule has 0 spiro atoms. The molecule has 4 nitrogen and oxygen atoms in total. The number of hydrogen-bond acceptors (Lipinski definition) is 3. The van der Waals surface area contributed by atoms with Gasteiger partial charge in [0.2, 0.25) is 0 Å². The van der Waals surface area contributed by atoms with Gasteiger partial charge in [0.1, 0.15) is 11.6 Å². The van der Waals surface area contributed by atoms with Crippen LogP contribution in [0.3, 0.4) is 0 Å². The number of ketones is 1. The summed E-state index contributed by atoms with van der Waals surface area (Å²) in [4.78, 5) is 16.4. The second-order valence-corrected chi connectivity index (χ2v) is 5.44. The number of nitrogens with zero attached hydrogens (tertiary/aromatic N) is 2. The van der Waals surface area contributed by atoms with Crippen molar-refractivity contribution in [3.05, 3.63) is 18.2 Å². The highest BCUT2D eigenvalue weighted by atomic mass is 16.1. The Bertz CT molecular complexity index is 405. The Balaban J connectivity index is 1.95. The second-order valence-electron chi connectivity index (χ2n) is 5.44. The molecular formula is C14H23N3O. The fourth-order valence-electron chi connectivity index (χ4n) is 2.93. The lowest BCUT2D eigenvalue weighted by Crippen LogP contribution is -2.46. The Morgan fingerprint density at radius 3 is 2.72 bits per heavy atom. The van der Waals surface area contributed by atoms with Gasteiger partial charge >= 0.3 is 0 Å². The zero-order chi connectivity index (χ0) is 13.0. The van der Waals surface area contributed by atoms with Crippen LogP contribution in [0.15, 0.2) is 12.4 Å². The van der Waals surface area contributed by atoms with Crippen molar-refractivity contribution in [2.24, 2.45) is 7.05 Å². The van der Waals surface area contributed by atoms with E-state index in [4.69, 9.17) is 0 Å². The number of aryl methyl sites for hydroxylation is 1. The molecule has 0 radical (unpaired) electrons. The number of carbonyl (C=O) groups is 1. The molecule has 4 heteroatoms. The number of carbonyl (C=O) groups excluding carboxylic acids is 1. The molecule has 0 saturated heterocycles. The van der Waals surface area contributed by atoms with Crippen LogP contribution < -0.4 is 5.32 Å². The van der Waals surface area contributed by atoms with E-state index >= 15 is 0 Å². The molecule has 100 valence electrons. The van der Waals surface area contributed by atoms with Crippen molar-refractivity contribution < 1.29 is 4.79 Å².